The molecule has 0 saturated heterocycles. The molecular formula is C12H18BrNO. The van der Waals surface area contributed by atoms with Crippen LogP contribution < -0.4 is 5.32 Å². The predicted molar refractivity (Wildman–Crippen MR) is 65.1 cm³/mol. The molecule has 1 fully saturated rings. The zero-order valence-corrected chi connectivity index (χ0v) is 10.9. The fourth-order valence-corrected chi connectivity index (χ4v) is 3.06. The van der Waals surface area contributed by atoms with Gasteiger partial charge in [-0.15, -0.1) is 0 Å². The summed E-state index contributed by atoms with van der Waals surface area (Å²) in [5, 5.41) is 3.38. The van der Waals surface area contributed by atoms with Crippen molar-refractivity contribution in [1.82, 2.24) is 5.32 Å². The van der Waals surface area contributed by atoms with E-state index >= 15 is 0 Å². The first-order valence-corrected chi connectivity index (χ1v) is 6.41. The summed E-state index contributed by atoms with van der Waals surface area (Å²) in [5.74, 6) is 1.13. The van der Waals surface area contributed by atoms with Gasteiger partial charge < -0.3 is 9.73 Å². The molecule has 1 heterocycles. The molecule has 0 aromatic carbocycles. The molecule has 1 aromatic heterocycles. The van der Waals surface area contributed by atoms with Crippen LogP contribution in [0.25, 0.3) is 0 Å². The van der Waals surface area contributed by atoms with Gasteiger partial charge in [0.25, 0.3) is 0 Å². The standard InChI is InChI=1S/C12H18BrNO/c1-9(14-2)12(7-3-4-8-12)10-5-6-11(13)15-10/h5-6,9,14H,3-4,7-8H2,1-2H3. The smallest absolute Gasteiger partial charge is 0.169 e. The number of hydrogen-bond donors (Lipinski definition) is 1. The van der Waals surface area contributed by atoms with Crippen LogP contribution in [0.1, 0.15) is 38.4 Å². The van der Waals surface area contributed by atoms with Crippen LogP contribution in [0.3, 0.4) is 0 Å². The Bertz CT molecular complexity index is 328. The minimum atomic E-state index is 0.209. The molecule has 84 valence electrons. The zero-order chi connectivity index (χ0) is 10.9. The van der Waals surface area contributed by atoms with E-state index in [1.165, 1.54) is 25.7 Å². The quantitative estimate of drug-likeness (QED) is 0.911. The van der Waals surface area contributed by atoms with E-state index in [1.807, 2.05) is 13.1 Å². The van der Waals surface area contributed by atoms with Gasteiger partial charge in [0.2, 0.25) is 0 Å². The summed E-state index contributed by atoms with van der Waals surface area (Å²) in [7, 11) is 2.03. The molecule has 15 heavy (non-hydrogen) atoms. The second-order valence-electron chi connectivity index (χ2n) is 4.48. The molecule has 2 nitrogen and oxygen atoms in total. The largest absolute Gasteiger partial charge is 0.454 e. The molecule has 1 atom stereocenters. The molecule has 0 amide bonds. The van der Waals surface area contributed by atoms with E-state index in [2.05, 4.69) is 34.2 Å². The van der Waals surface area contributed by atoms with Gasteiger partial charge in [0.1, 0.15) is 5.76 Å². The Balaban J connectivity index is 2.34. The summed E-state index contributed by atoms with van der Waals surface area (Å²) < 4.78 is 6.61. The Labute approximate surface area is 99.6 Å². The van der Waals surface area contributed by atoms with Gasteiger partial charge in [-0.2, -0.15) is 0 Å². The van der Waals surface area contributed by atoms with Gasteiger partial charge in [-0.1, -0.05) is 12.8 Å². The number of halogens is 1. The number of nitrogens with one attached hydrogen (secondary N) is 1. The van der Waals surface area contributed by atoms with Crippen LogP contribution in [0.15, 0.2) is 21.2 Å². The van der Waals surface area contributed by atoms with Gasteiger partial charge in [0, 0.05) is 11.5 Å². The molecule has 0 spiro atoms. The monoisotopic (exact) mass is 271 g/mol. The molecule has 1 unspecified atom stereocenters. The van der Waals surface area contributed by atoms with E-state index < -0.39 is 0 Å². The maximum Gasteiger partial charge on any atom is 0.169 e. The predicted octanol–water partition coefficient (Wildman–Crippen LogP) is 3.46. The highest BCUT2D eigenvalue weighted by molar-refractivity contribution is 9.10. The molecule has 3 heteroatoms. The molecule has 2 rings (SSSR count). The van der Waals surface area contributed by atoms with Crippen LogP contribution in [0.2, 0.25) is 0 Å². The van der Waals surface area contributed by atoms with Gasteiger partial charge >= 0.3 is 0 Å². The lowest BCUT2D eigenvalue weighted by Gasteiger charge is -2.33. The molecule has 1 N–H and O–H groups in total. The number of hydrogen-bond acceptors (Lipinski definition) is 2. The van der Waals surface area contributed by atoms with Crippen molar-refractivity contribution in [3.63, 3.8) is 0 Å². The Kier molecular flexibility index (Phi) is 3.21. The normalized spacial score (nSPS) is 21.8. The average molecular weight is 272 g/mol. The van der Waals surface area contributed by atoms with E-state index in [1.54, 1.807) is 0 Å². The van der Waals surface area contributed by atoms with Gasteiger partial charge in [0.15, 0.2) is 4.67 Å². The number of likely N-dealkylation sites (N-methyl/N-ethyl adjacent to an activating group) is 1. The third-order valence-corrected chi connectivity index (χ3v) is 4.25. The van der Waals surface area contributed by atoms with Crippen molar-refractivity contribution < 1.29 is 4.42 Å². The van der Waals surface area contributed by atoms with Gasteiger partial charge in [0.05, 0.1) is 0 Å². The minimum absolute atomic E-state index is 0.209. The lowest BCUT2D eigenvalue weighted by molar-refractivity contribution is 0.266. The molecule has 1 aliphatic rings. The zero-order valence-electron chi connectivity index (χ0n) is 9.35. The van der Waals surface area contributed by atoms with Crippen molar-refractivity contribution in [1.29, 1.82) is 0 Å². The van der Waals surface area contributed by atoms with Crippen LogP contribution in [0.4, 0.5) is 0 Å². The maximum absolute atomic E-state index is 5.77. The molecule has 0 aliphatic heterocycles. The SMILES string of the molecule is CNC(C)C1(c2ccc(Br)o2)CCCC1. The minimum Gasteiger partial charge on any atom is -0.454 e. The van der Waals surface area contributed by atoms with Crippen molar-refractivity contribution >= 4 is 15.9 Å². The van der Waals surface area contributed by atoms with Crippen molar-refractivity contribution in [2.24, 2.45) is 0 Å². The highest BCUT2D eigenvalue weighted by Gasteiger charge is 2.42. The molecule has 1 saturated carbocycles. The van der Waals surface area contributed by atoms with Crippen LogP contribution in [0.5, 0.6) is 0 Å². The molecule has 0 bridgehead atoms. The number of furan rings is 1. The maximum atomic E-state index is 5.77. The molecule has 0 radical (unpaired) electrons. The Morgan fingerprint density at radius 2 is 2.07 bits per heavy atom. The first-order valence-electron chi connectivity index (χ1n) is 5.62. The van der Waals surface area contributed by atoms with Crippen LogP contribution in [0, 0.1) is 0 Å². The van der Waals surface area contributed by atoms with Crippen LogP contribution in [-0.4, -0.2) is 13.1 Å². The van der Waals surface area contributed by atoms with E-state index in [-0.39, 0.29) is 5.41 Å². The Morgan fingerprint density at radius 1 is 1.40 bits per heavy atom. The second kappa shape index (κ2) is 4.30. The van der Waals surface area contributed by atoms with E-state index in [0.717, 1.165) is 10.4 Å². The molecule has 1 aliphatic carbocycles. The third kappa shape index (κ3) is 1.87. The van der Waals surface area contributed by atoms with Crippen molar-refractivity contribution in [2.75, 3.05) is 7.05 Å². The highest BCUT2D eigenvalue weighted by Crippen LogP contribution is 2.44. The van der Waals surface area contributed by atoms with Crippen LogP contribution in [-0.2, 0) is 5.41 Å². The van der Waals surface area contributed by atoms with E-state index in [0.29, 0.717) is 6.04 Å². The summed E-state index contributed by atoms with van der Waals surface area (Å²) >= 11 is 3.39. The Morgan fingerprint density at radius 3 is 2.53 bits per heavy atom. The summed E-state index contributed by atoms with van der Waals surface area (Å²) in [4.78, 5) is 0. The summed E-state index contributed by atoms with van der Waals surface area (Å²) in [5.41, 5.74) is 0.209. The fraction of sp³-hybridized carbons (Fsp3) is 0.667. The van der Waals surface area contributed by atoms with Gasteiger partial charge in [-0.05, 0) is 54.9 Å². The summed E-state index contributed by atoms with van der Waals surface area (Å²) in [6.07, 6.45) is 5.08. The Hall–Kier alpha value is -0.280. The molecular weight excluding hydrogens is 254 g/mol. The first-order chi connectivity index (χ1) is 7.19. The van der Waals surface area contributed by atoms with Crippen LogP contribution >= 0.6 is 15.9 Å². The van der Waals surface area contributed by atoms with Gasteiger partial charge in [-0.3, -0.25) is 0 Å². The highest BCUT2D eigenvalue weighted by atomic mass is 79.9. The first kappa shape index (κ1) is 11.2. The summed E-state index contributed by atoms with van der Waals surface area (Å²) in [6, 6.07) is 4.58. The molecule has 1 aromatic rings. The number of rotatable bonds is 3. The lowest BCUT2D eigenvalue weighted by atomic mass is 9.77. The van der Waals surface area contributed by atoms with E-state index in [4.69, 9.17) is 4.42 Å². The third-order valence-electron chi connectivity index (χ3n) is 3.82. The van der Waals surface area contributed by atoms with Gasteiger partial charge in [-0.25, -0.2) is 0 Å². The topological polar surface area (TPSA) is 25.2 Å². The van der Waals surface area contributed by atoms with Crippen molar-refractivity contribution in [3.05, 3.63) is 22.6 Å². The van der Waals surface area contributed by atoms with Crippen molar-refractivity contribution in [3.8, 4) is 0 Å². The lowest BCUT2D eigenvalue weighted by Crippen LogP contribution is -2.43. The second-order valence-corrected chi connectivity index (χ2v) is 5.26. The van der Waals surface area contributed by atoms with E-state index in [9.17, 15) is 0 Å². The average Bonchev–Trinajstić information content (AvgIpc) is 2.85. The van der Waals surface area contributed by atoms with Crippen molar-refractivity contribution in [2.45, 2.75) is 44.1 Å². The fourth-order valence-electron chi connectivity index (χ4n) is 2.76. The summed E-state index contributed by atoms with van der Waals surface area (Å²) in [6.45, 7) is 2.25.